The van der Waals surface area contributed by atoms with Crippen LogP contribution in [0.4, 0.5) is 0 Å². The maximum atomic E-state index is 11.0. The van der Waals surface area contributed by atoms with Crippen molar-refractivity contribution in [2.45, 2.75) is 13.5 Å². The maximum absolute atomic E-state index is 11.0. The molecule has 0 radical (unpaired) electrons. The van der Waals surface area contributed by atoms with Gasteiger partial charge in [0.25, 0.3) is 0 Å². The van der Waals surface area contributed by atoms with Crippen LogP contribution in [0, 0.1) is 12.1 Å². The molecule has 0 spiro atoms. The Labute approximate surface area is 99.0 Å². The molecule has 0 amide bonds. The van der Waals surface area contributed by atoms with Gasteiger partial charge in [-0.1, -0.05) is 6.07 Å². The Morgan fingerprint density at radius 1 is 1.41 bits per heavy atom. The van der Waals surface area contributed by atoms with Gasteiger partial charge < -0.3 is 10.0 Å². The van der Waals surface area contributed by atoms with E-state index in [0.29, 0.717) is 5.23 Å². The van der Waals surface area contributed by atoms with Crippen LogP contribution in [0.3, 0.4) is 0 Å². The molecule has 0 aromatic carbocycles. The molecule has 0 saturated heterocycles. The number of hydrogen-bond acceptors (Lipinski definition) is 5. The van der Waals surface area contributed by atoms with Gasteiger partial charge in [-0.2, -0.15) is 0 Å². The molecule has 0 aliphatic rings. The van der Waals surface area contributed by atoms with E-state index in [2.05, 4.69) is 14.8 Å². The average Bonchev–Trinajstić information content (AvgIpc) is 2.77. The molecule has 0 saturated carbocycles. The van der Waals surface area contributed by atoms with Gasteiger partial charge in [0, 0.05) is 18.9 Å². The molecule has 0 atom stereocenters. The lowest BCUT2D eigenvalue weighted by molar-refractivity contribution is -0.0949. The Bertz CT molecular complexity index is 480. The van der Waals surface area contributed by atoms with Crippen molar-refractivity contribution in [3.8, 4) is 5.82 Å². The summed E-state index contributed by atoms with van der Waals surface area (Å²) in [7, 11) is 1.34. The number of aromatic nitrogens is 3. The van der Waals surface area contributed by atoms with E-state index >= 15 is 0 Å². The van der Waals surface area contributed by atoms with Crippen LogP contribution in [0.1, 0.15) is 11.3 Å². The smallest absolute Gasteiger partial charge is 0.137 e. The van der Waals surface area contributed by atoms with E-state index in [4.69, 9.17) is 0 Å². The molecule has 0 aliphatic carbocycles. The van der Waals surface area contributed by atoms with Crippen molar-refractivity contribution in [1.29, 1.82) is 0 Å². The Kier molecular flexibility index (Phi) is 3.48. The first-order chi connectivity index (χ1) is 8.19. The van der Waals surface area contributed by atoms with Gasteiger partial charge in [-0.25, -0.2) is 9.97 Å². The Balaban J connectivity index is 2.13. The third-order valence-corrected chi connectivity index (χ3v) is 2.30. The van der Waals surface area contributed by atoms with Crippen molar-refractivity contribution < 1.29 is 4.84 Å². The molecule has 17 heavy (non-hydrogen) atoms. The molecule has 0 fully saturated rings. The fourth-order valence-corrected chi connectivity index (χ4v) is 1.42. The molecule has 90 valence electrons. The predicted octanol–water partition coefficient (Wildman–Crippen LogP) is 1.44. The monoisotopic (exact) mass is 233 g/mol. The van der Waals surface area contributed by atoms with Crippen molar-refractivity contribution >= 4 is 0 Å². The standard InChI is InChI=1S/C11H13N4O2/c1-9-6-14(8-13-9)11-4-3-10(5-12-11)7-15(16)17-2/h3-6,8H,7H2,1-2H3/q-1. The molecule has 0 aliphatic heterocycles. The van der Waals surface area contributed by atoms with E-state index in [0.717, 1.165) is 17.1 Å². The zero-order valence-electron chi connectivity index (χ0n) is 9.70. The molecule has 0 unspecified atom stereocenters. The first kappa shape index (κ1) is 11.7. The molecule has 2 aromatic rings. The van der Waals surface area contributed by atoms with Gasteiger partial charge in [0.1, 0.15) is 12.1 Å². The topological polar surface area (TPSA) is 66.2 Å². The highest BCUT2D eigenvalue weighted by molar-refractivity contribution is 5.26. The highest BCUT2D eigenvalue weighted by Crippen LogP contribution is 2.08. The lowest BCUT2D eigenvalue weighted by Crippen LogP contribution is -2.13. The van der Waals surface area contributed by atoms with Crippen molar-refractivity contribution in [3.05, 3.63) is 47.3 Å². The molecule has 6 heteroatoms. The van der Waals surface area contributed by atoms with Crippen LogP contribution in [-0.4, -0.2) is 26.9 Å². The van der Waals surface area contributed by atoms with Crippen LogP contribution in [0.2, 0.25) is 0 Å². The van der Waals surface area contributed by atoms with Crippen molar-refractivity contribution in [3.63, 3.8) is 0 Å². The number of pyridine rings is 1. The van der Waals surface area contributed by atoms with E-state index in [-0.39, 0.29) is 6.54 Å². The first-order valence-electron chi connectivity index (χ1n) is 5.13. The zero-order chi connectivity index (χ0) is 12.3. The number of imidazole rings is 1. The summed E-state index contributed by atoms with van der Waals surface area (Å²) in [5, 5.41) is 11.5. The van der Waals surface area contributed by atoms with E-state index in [1.807, 2.05) is 29.8 Å². The number of aryl methyl sites for hydroxylation is 1. The number of nitrogens with zero attached hydrogens (tertiary/aromatic N) is 4. The van der Waals surface area contributed by atoms with Crippen molar-refractivity contribution in [2.24, 2.45) is 0 Å². The van der Waals surface area contributed by atoms with Gasteiger partial charge in [-0.3, -0.25) is 9.79 Å². The minimum atomic E-state index is 0.159. The number of rotatable bonds is 4. The second-order valence-electron chi connectivity index (χ2n) is 3.62. The summed E-state index contributed by atoms with van der Waals surface area (Å²) in [5.41, 5.74) is 1.73. The van der Waals surface area contributed by atoms with Gasteiger partial charge in [-0.05, 0) is 18.6 Å². The quantitative estimate of drug-likeness (QED) is 0.747. The van der Waals surface area contributed by atoms with Crippen LogP contribution in [0.15, 0.2) is 30.9 Å². The van der Waals surface area contributed by atoms with Gasteiger partial charge in [0.05, 0.1) is 12.8 Å². The van der Waals surface area contributed by atoms with Crippen LogP contribution in [-0.2, 0) is 11.4 Å². The van der Waals surface area contributed by atoms with Crippen LogP contribution in [0.25, 0.3) is 5.82 Å². The number of hydroxylamine groups is 2. The summed E-state index contributed by atoms with van der Waals surface area (Å²) in [6.45, 7) is 2.07. The second kappa shape index (κ2) is 5.05. The van der Waals surface area contributed by atoms with Crippen LogP contribution < -0.4 is 0 Å². The lowest BCUT2D eigenvalue weighted by Gasteiger charge is -2.24. The second-order valence-corrected chi connectivity index (χ2v) is 3.62. The van der Waals surface area contributed by atoms with Crippen molar-refractivity contribution in [2.75, 3.05) is 7.11 Å². The summed E-state index contributed by atoms with van der Waals surface area (Å²) >= 11 is 0. The predicted molar refractivity (Wildman–Crippen MR) is 62.0 cm³/mol. The third kappa shape index (κ3) is 2.88. The SMILES string of the molecule is CON([O-])Cc1ccc(-n2cnc(C)c2)nc1. The van der Waals surface area contributed by atoms with E-state index in [1.54, 1.807) is 12.5 Å². The van der Waals surface area contributed by atoms with Gasteiger partial charge in [0.2, 0.25) is 0 Å². The molecular weight excluding hydrogens is 220 g/mol. The highest BCUT2D eigenvalue weighted by Gasteiger charge is 2.00. The fraction of sp³-hybridized carbons (Fsp3) is 0.273. The van der Waals surface area contributed by atoms with Gasteiger partial charge in [0.15, 0.2) is 0 Å². The van der Waals surface area contributed by atoms with Crippen LogP contribution in [0.5, 0.6) is 0 Å². The van der Waals surface area contributed by atoms with E-state index in [9.17, 15) is 5.21 Å². The molecular formula is C11H13N4O2-. The van der Waals surface area contributed by atoms with Gasteiger partial charge >= 0.3 is 0 Å². The third-order valence-electron chi connectivity index (χ3n) is 2.30. The minimum absolute atomic E-state index is 0.159. The summed E-state index contributed by atoms with van der Waals surface area (Å²) in [6.07, 6.45) is 5.23. The molecule has 0 bridgehead atoms. The molecule has 6 nitrogen and oxygen atoms in total. The first-order valence-corrected chi connectivity index (χ1v) is 5.13. The molecule has 2 heterocycles. The van der Waals surface area contributed by atoms with E-state index in [1.165, 1.54) is 7.11 Å². The highest BCUT2D eigenvalue weighted by atomic mass is 16.9. The largest absolute Gasteiger partial charge is 0.762 e. The zero-order valence-corrected chi connectivity index (χ0v) is 9.70. The molecule has 0 N–H and O–H groups in total. The van der Waals surface area contributed by atoms with Crippen LogP contribution >= 0.6 is 0 Å². The fourth-order valence-electron chi connectivity index (χ4n) is 1.42. The minimum Gasteiger partial charge on any atom is -0.762 e. The summed E-state index contributed by atoms with van der Waals surface area (Å²) in [6, 6.07) is 3.67. The molecule has 2 rings (SSSR count). The Morgan fingerprint density at radius 3 is 2.76 bits per heavy atom. The van der Waals surface area contributed by atoms with Gasteiger partial charge in [-0.15, -0.1) is 0 Å². The molecule has 2 aromatic heterocycles. The lowest BCUT2D eigenvalue weighted by atomic mass is 10.3. The Hall–Kier alpha value is -1.76. The summed E-state index contributed by atoms with van der Waals surface area (Å²) < 4.78 is 1.82. The van der Waals surface area contributed by atoms with Crippen molar-refractivity contribution in [1.82, 2.24) is 19.8 Å². The Morgan fingerprint density at radius 2 is 2.24 bits per heavy atom. The summed E-state index contributed by atoms with van der Waals surface area (Å²) in [5.74, 6) is 0.768. The number of hydrogen-bond donors (Lipinski definition) is 0. The summed E-state index contributed by atoms with van der Waals surface area (Å²) in [4.78, 5) is 12.9. The van der Waals surface area contributed by atoms with E-state index < -0.39 is 0 Å². The normalized spacial score (nSPS) is 11.1. The maximum Gasteiger partial charge on any atom is 0.137 e. The average molecular weight is 233 g/mol.